The maximum atomic E-state index is 9.99. The second-order valence-corrected chi connectivity index (χ2v) is 4.54. The summed E-state index contributed by atoms with van der Waals surface area (Å²) < 4.78 is 7.09. The minimum atomic E-state index is -1.16. The van der Waals surface area contributed by atoms with Crippen LogP contribution in [0.25, 0.3) is 5.78 Å². The molecule has 4 atom stereocenters. The molecule has 0 amide bonds. The van der Waals surface area contributed by atoms with Crippen LogP contribution in [0.4, 0.5) is 0 Å². The van der Waals surface area contributed by atoms with Gasteiger partial charge in [-0.25, -0.2) is 4.98 Å². The van der Waals surface area contributed by atoms with Crippen molar-refractivity contribution in [3.8, 4) is 0 Å². The molecule has 1 fully saturated rings. The Labute approximate surface area is 108 Å². The minimum absolute atomic E-state index is 0.364. The molecular formula is C11H14N4O4. The van der Waals surface area contributed by atoms with Gasteiger partial charge < -0.3 is 20.1 Å². The van der Waals surface area contributed by atoms with Gasteiger partial charge in [0.15, 0.2) is 5.82 Å². The van der Waals surface area contributed by atoms with Crippen LogP contribution in [0.15, 0.2) is 12.3 Å². The van der Waals surface area contributed by atoms with Crippen LogP contribution in [-0.4, -0.2) is 59.8 Å². The first-order valence-corrected chi connectivity index (χ1v) is 5.92. The number of aryl methyl sites for hydroxylation is 1. The monoisotopic (exact) mass is 266 g/mol. The average Bonchev–Trinajstić information content (AvgIpc) is 2.94. The summed E-state index contributed by atoms with van der Waals surface area (Å²) in [5.74, 6) is 0.760. The highest BCUT2D eigenvalue weighted by atomic mass is 16.6. The Hall–Kier alpha value is -1.61. The summed E-state index contributed by atoms with van der Waals surface area (Å²) in [7, 11) is 0. The first-order chi connectivity index (χ1) is 9.13. The molecule has 0 unspecified atom stereocenters. The van der Waals surface area contributed by atoms with E-state index < -0.39 is 24.4 Å². The van der Waals surface area contributed by atoms with Crippen LogP contribution in [0.3, 0.4) is 0 Å². The lowest BCUT2D eigenvalue weighted by Crippen LogP contribution is -2.32. The Bertz CT molecular complexity index is 601. The lowest BCUT2D eigenvalue weighted by atomic mass is 10.1. The number of rotatable bonds is 2. The summed E-state index contributed by atoms with van der Waals surface area (Å²) in [6.45, 7) is 1.48. The van der Waals surface area contributed by atoms with Crippen molar-refractivity contribution in [1.82, 2.24) is 19.6 Å². The molecule has 8 nitrogen and oxygen atoms in total. The van der Waals surface area contributed by atoms with E-state index in [2.05, 4.69) is 15.2 Å². The van der Waals surface area contributed by atoms with Crippen LogP contribution in [-0.2, 0) is 4.74 Å². The Morgan fingerprint density at radius 3 is 2.79 bits per heavy atom. The van der Waals surface area contributed by atoms with Crippen LogP contribution >= 0.6 is 0 Å². The maximum Gasteiger partial charge on any atom is 0.255 e. The Morgan fingerprint density at radius 1 is 1.32 bits per heavy atom. The highest BCUT2D eigenvalue weighted by molar-refractivity contribution is 5.31. The molecule has 2 aromatic rings. The molecule has 3 N–H and O–H groups in total. The molecular weight excluding hydrogens is 252 g/mol. The van der Waals surface area contributed by atoms with Crippen LogP contribution in [0.2, 0.25) is 0 Å². The van der Waals surface area contributed by atoms with E-state index >= 15 is 0 Å². The number of hydrogen-bond donors (Lipinski definition) is 3. The first-order valence-electron chi connectivity index (χ1n) is 5.92. The molecule has 2 aromatic heterocycles. The fraction of sp³-hybridized carbons (Fsp3) is 0.545. The third-order valence-corrected chi connectivity index (χ3v) is 3.33. The molecule has 1 aliphatic heterocycles. The predicted octanol–water partition coefficient (Wildman–Crippen LogP) is -1.41. The first kappa shape index (κ1) is 12.4. The van der Waals surface area contributed by atoms with Crippen LogP contribution < -0.4 is 0 Å². The standard InChI is InChI=1S/C11H14N4O4/c1-5-2-3-12-11-14-13-10(15(5)11)9-8(18)7(17)6(4-16)19-9/h2-3,6-9,16-18H,4H2,1H3/t6-,7-,8-,9-/m1/s1. The smallest absolute Gasteiger partial charge is 0.255 e. The highest BCUT2D eigenvalue weighted by Gasteiger charge is 2.45. The number of aromatic nitrogens is 4. The number of ether oxygens (including phenoxy) is 1. The molecule has 0 aliphatic carbocycles. The SMILES string of the molecule is Cc1ccnc2nnc([C@@H]3O[C@H](CO)[C@@H](O)[C@H]3O)n12. The predicted molar refractivity (Wildman–Crippen MR) is 62.2 cm³/mol. The largest absolute Gasteiger partial charge is 0.394 e. The van der Waals surface area contributed by atoms with Crippen molar-refractivity contribution in [3.05, 3.63) is 23.8 Å². The Kier molecular flexibility index (Phi) is 2.94. The third kappa shape index (κ3) is 1.80. The van der Waals surface area contributed by atoms with Gasteiger partial charge in [-0.05, 0) is 13.0 Å². The van der Waals surface area contributed by atoms with E-state index in [1.807, 2.05) is 6.92 Å². The number of hydrogen-bond acceptors (Lipinski definition) is 7. The zero-order valence-corrected chi connectivity index (χ0v) is 10.2. The van der Waals surface area contributed by atoms with Crippen molar-refractivity contribution < 1.29 is 20.1 Å². The van der Waals surface area contributed by atoms with Gasteiger partial charge in [0.2, 0.25) is 0 Å². The lowest BCUT2D eigenvalue weighted by Gasteiger charge is -2.13. The molecule has 0 saturated carbocycles. The van der Waals surface area contributed by atoms with Gasteiger partial charge in [0.05, 0.1) is 6.61 Å². The minimum Gasteiger partial charge on any atom is -0.394 e. The molecule has 8 heteroatoms. The van der Waals surface area contributed by atoms with Gasteiger partial charge in [-0.15, -0.1) is 10.2 Å². The van der Waals surface area contributed by atoms with Crippen molar-refractivity contribution >= 4 is 5.78 Å². The summed E-state index contributed by atoms with van der Waals surface area (Å²) >= 11 is 0. The Morgan fingerprint density at radius 2 is 2.11 bits per heavy atom. The molecule has 0 spiro atoms. The maximum absolute atomic E-state index is 9.99. The number of aliphatic hydroxyl groups excluding tert-OH is 3. The molecule has 0 radical (unpaired) electrons. The van der Waals surface area contributed by atoms with Crippen molar-refractivity contribution in [2.45, 2.75) is 31.3 Å². The molecule has 1 aliphatic rings. The van der Waals surface area contributed by atoms with Gasteiger partial charge in [0.25, 0.3) is 5.78 Å². The summed E-state index contributed by atoms with van der Waals surface area (Å²) in [5, 5.41) is 36.7. The summed E-state index contributed by atoms with van der Waals surface area (Å²) in [4.78, 5) is 4.06. The third-order valence-electron chi connectivity index (χ3n) is 3.33. The molecule has 0 aromatic carbocycles. The highest BCUT2D eigenvalue weighted by Crippen LogP contribution is 2.32. The topological polar surface area (TPSA) is 113 Å². The van der Waals surface area contributed by atoms with Crippen LogP contribution in [0.1, 0.15) is 17.6 Å². The fourth-order valence-corrected chi connectivity index (χ4v) is 2.29. The van der Waals surface area contributed by atoms with Gasteiger partial charge in [0.1, 0.15) is 24.4 Å². The normalized spacial score (nSPS) is 31.2. The van der Waals surface area contributed by atoms with Crippen molar-refractivity contribution in [2.24, 2.45) is 0 Å². The number of nitrogens with zero attached hydrogens (tertiary/aromatic N) is 4. The van der Waals surface area contributed by atoms with E-state index in [4.69, 9.17) is 9.84 Å². The van der Waals surface area contributed by atoms with E-state index in [0.717, 1.165) is 5.69 Å². The van der Waals surface area contributed by atoms with Crippen molar-refractivity contribution in [2.75, 3.05) is 6.61 Å². The quantitative estimate of drug-likeness (QED) is 0.611. The van der Waals surface area contributed by atoms with Crippen LogP contribution in [0.5, 0.6) is 0 Å². The van der Waals surface area contributed by atoms with E-state index in [1.165, 1.54) is 0 Å². The fourth-order valence-electron chi connectivity index (χ4n) is 2.29. The van der Waals surface area contributed by atoms with E-state index in [1.54, 1.807) is 16.7 Å². The second-order valence-electron chi connectivity index (χ2n) is 4.54. The van der Waals surface area contributed by atoms with E-state index in [0.29, 0.717) is 11.6 Å². The molecule has 3 heterocycles. The van der Waals surface area contributed by atoms with E-state index in [-0.39, 0.29) is 6.61 Å². The van der Waals surface area contributed by atoms with Crippen molar-refractivity contribution in [1.29, 1.82) is 0 Å². The van der Waals surface area contributed by atoms with Gasteiger partial charge in [0, 0.05) is 11.9 Å². The molecule has 3 rings (SSSR count). The molecule has 0 bridgehead atoms. The summed E-state index contributed by atoms with van der Waals surface area (Å²) in [5.41, 5.74) is 0.836. The van der Waals surface area contributed by atoms with Gasteiger partial charge >= 0.3 is 0 Å². The molecule has 102 valence electrons. The summed E-state index contributed by atoms with van der Waals surface area (Å²) in [6, 6.07) is 1.78. The Balaban J connectivity index is 2.06. The zero-order valence-electron chi connectivity index (χ0n) is 10.2. The number of aliphatic hydroxyl groups is 3. The van der Waals surface area contributed by atoms with Gasteiger partial charge in [-0.3, -0.25) is 4.40 Å². The van der Waals surface area contributed by atoms with E-state index in [9.17, 15) is 10.2 Å². The number of fused-ring (bicyclic) bond motifs is 1. The van der Waals surface area contributed by atoms with Gasteiger partial charge in [-0.2, -0.15) is 0 Å². The molecule has 19 heavy (non-hydrogen) atoms. The molecule has 1 saturated heterocycles. The van der Waals surface area contributed by atoms with Crippen LogP contribution in [0, 0.1) is 6.92 Å². The lowest BCUT2D eigenvalue weighted by molar-refractivity contribution is -0.0256. The zero-order chi connectivity index (χ0) is 13.6. The second kappa shape index (κ2) is 4.49. The van der Waals surface area contributed by atoms with Gasteiger partial charge in [-0.1, -0.05) is 0 Å². The van der Waals surface area contributed by atoms with Crippen molar-refractivity contribution in [3.63, 3.8) is 0 Å². The summed E-state index contributed by atoms with van der Waals surface area (Å²) in [6.07, 6.45) is -2.38. The average molecular weight is 266 g/mol.